The highest BCUT2D eigenvalue weighted by atomic mass is 16.1. The third-order valence-electron chi connectivity index (χ3n) is 3.56. The lowest BCUT2D eigenvalue weighted by molar-refractivity contribution is 0.0933. The second-order valence-corrected chi connectivity index (χ2v) is 5.21. The van der Waals surface area contributed by atoms with Crippen molar-refractivity contribution in [3.8, 4) is 0 Å². The minimum atomic E-state index is -0.0797. The molecule has 1 saturated heterocycles. The van der Waals surface area contributed by atoms with Crippen molar-refractivity contribution in [2.24, 2.45) is 7.05 Å². The Kier molecular flexibility index (Phi) is 3.81. The Bertz CT molecular complexity index is 611. The number of hydrogen-bond donors (Lipinski definition) is 1. The highest BCUT2D eigenvalue weighted by Crippen LogP contribution is 2.15. The molecule has 2 aromatic heterocycles. The second kappa shape index (κ2) is 5.90. The third-order valence-corrected chi connectivity index (χ3v) is 3.56. The zero-order valence-electron chi connectivity index (χ0n) is 11.9. The van der Waals surface area contributed by atoms with Gasteiger partial charge in [0.25, 0.3) is 5.91 Å². The van der Waals surface area contributed by atoms with Crippen LogP contribution in [0.25, 0.3) is 0 Å². The number of aryl methyl sites for hydroxylation is 1. The normalized spacial score (nSPS) is 18.5. The smallest absolute Gasteiger partial charge is 0.254 e. The third kappa shape index (κ3) is 3.18. The summed E-state index contributed by atoms with van der Waals surface area (Å²) in [6.45, 7) is 1.65. The number of amides is 1. The Morgan fingerprint density at radius 2 is 2.19 bits per heavy atom. The summed E-state index contributed by atoms with van der Waals surface area (Å²) in [5.74, 6) is 0.641. The van der Waals surface area contributed by atoms with Crippen LogP contribution in [0.1, 0.15) is 23.2 Å². The van der Waals surface area contributed by atoms with Gasteiger partial charge in [-0.05, 0) is 18.9 Å². The van der Waals surface area contributed by atoms with Gasteiger partial charge in [0.15, 0.2) is 0 Å². The summed E-state index contributed by atoms with van der Waals surface area (Å²) in [4.78, 5) is 22.8. The molecule has 0 aromatic carbocycles. The quantitative estimate of drug-likeness (QED) is 0.894. The summed E-state index contributed by atoms with van der Waals surface area (Å²) in [5, 5.41) is 7.08. The van der Waals surface area contributed by atoms with Crippen molar-refractivity contribution >= 4 is 11.9 Å². The van der Waals surface area contributed by atoms with E-state index < -0.39 is 0 Å². The first-order valence-electron chi connectivity index (χ1n) is 7.04. The van der Waals surface area contributed by atoms with Gasteiger partial charge in [-0.1, -0.05) is 0 Å². The van der Waals surface area contributed by atoms with Gasteiger partial charge in [0, 0.05) is 44.8 Å². The Balaban J connectivity index is 1.62. The molecule has 0 spiro atoms. The number of carbonyl (C=O) groups is 1. The van der Waals surface area contributed by atoms with E-state index in [0.29, 0.717) is 5.56 Å². The van der Waals surface area contributed by atoms with Crippen molar-refractivity contribution in [2.75, 3.05) is 18.0 Å². The number of nitrogens with one attached hydrogen (secondary N) is 1. The van der Waals surface area contributed by atoms with Gasteiger partial charge in [0.1, 0.15) is 0 Å². The zero-order chi connectivity index (χ0) is 14.7. The van der Waals surface area contributed by atoms with E-state index in [1.807, 2.05) is 0 Å². The Morgan fingerprint density at radius 1 is 1.38 bits per heavy atom. The molecule has 7 nitrogen and oxygen atoms in total. The maximum Gasteiger partial charge on any atom is 0.254 e. The van der Waals surface area contributed by atoms with Gasteiger partial charge in [-0.15, -0.1) is 0 Å². The van der Waals surface area contributed by atoms with E-state index in [2.05, 4.69) is 25.3 Å². The Morgan fingerprint density at radius 3 is 2.90 bits per heavy atom. The van der Waals surface area contributed by atoms with E-state index in [0.717, 1.165) is 31.9 Å². The first-order chi connectivity index (χ1) is 10.2. The minimum absolute atomic E-state index is 0.0797. The highest BCUT2D eigenvalue weighted by molar-refractivity contribution is 5.93. The van der Waals surface area contributed by atoms with Gasteiger partial charge in [-0.3, -0.25) is 9.48 Å². The van der Waals surface area contributed by atoms with Crippen molar-refractivity contribution < 1.29 is 4.79 Å². The lowest BCUT2D eigenvalue weighted by atomic mass is 10.1. The van der Waals surface area contributed by atoms with Crippen LogP contribution in [0.15, 0.2) is 30.9 Å². The summed E-state index contributed by atoms with van der Waals surface area (Å²) < 4.78 is 1.62. The van der Waals surface area contributed by atoms with E-state index in [-0.39, 0.29) is 11.9 Å². The van der Waals surface area contributed by atoms with Crippen LogP contribution >= 0.6 is 0 Å². The largest absolute Gasteiger partial charge is 0.347 e. The number of rotatable bonds is 3. The molecule has 0 radical (unpaired) electrons. The molecule has 1 N–H and O–H groups in total. The number of carbonyl (C=O) groups excluding carboxylic acids is 1. The first-order valence-corrected chi connectivity index (χ1v) is 7.04. The van der Waals surface area contributed by atoms with E-state index in [9.17, 15) is 4.79 Å². The van der Waals surface area contributed by atoms with E-state index in [4.69, 9.17) is 0 Å². The molecule has 3 heterocycles. The van der Waals surface area contributed by atoms with Gasteiger partial charge in [-0.2, -0.15) is 5.10 Å². The SMILES string of the molecule is Cn1cc(C(=O)NC2CCCN(c3ncccn3)C2)cn1. The van der Waals surface area contributed by atoms with Crippen LogP contribution in [0, 0.1) is 0 Å². The number of anilines is 1. The van der Waals surface area contributed by atoms with E-state index in [1.54, 1.807) is 42.6 Å². The van der Waals surface area contributed by atoms with Crippen molar-refractivity contribution in [2.45, 2.75) is 18.9 Å². The molecule has 0 bridgehead atoms. The number of aromatic nitrogens is 4. The molecule has 21 heavy (non-hydrogen) atoms. The molecular weight excluding hydrogens is 268 g/mol. The fourth-order valence-electron chi connectivity index (χ4n) is 2.54. The fraction of sp³-hybridized carbons (Fsp3) is 0.429. The van der Waals surface area contributed by atoms with Crippen LogP contribution in [-0.4, -0.2) is 44.8 Å². The molecule has 0 saturated carbocycles. The average molecular weight is 286 g/mol. The average Bonchev–Trinajstić information content (AvgIpc) is 2.95. The number of hydrogen-bond acceptors (Lipinski definition) is 5. The predicted octanol–water partition coefficient (Wildman–Crippen LogP) is 0.609. The van der Waals surface area contributed by atoms with Crippen LogP contribution in [0.3, 0.4) is 0 Å². The van der Waals surface area contributed by atoms with Crippen LogP contribution in [0.2, 0.25) is 0 Å². The van der Waals surface area contributed by atoms with Gasteiger partial charge in [0.05, 0.1) is 11.8 Å². The molecule has 1 aliphatic heterocycles. The molecule has 1 aliphatic rings. The maximum atomic E-state index is 12.2. The molecule has 1 amide bonds. The first kappa shape index (κ1) is 13.5. The standard InChI is InChI=1S/C14H18N6O/c1-19-9-11(8-17-19)13(21)18-12-4-2-7-20(10-12)14-15-5-3-6-16-14/h3,5-6,8-9,12H,2,4,7,10H2,1H3,(H,18,21). The lowest BCUT2D eigenvalue weighted by Gasteiger charge is -2.32. The summed E-state index contributed by atoms with van der Waals surface area (Å²) >= 11 is 0. The fourth-order valence-corrected chi connectivity index (χ4v) is 2.54. The van der Waals surface area contributed by atoms with Gasteiger partial charge in [-0.25, -0.2) is 9.97 Å². The monoisotopic (exact) mass is 286 g/mol. The number of piperidine rings is 1. The summed E-state index contributed by atoms with van der Waals surface area (Å²) in [5.41, 5.74) is 0.589. The van der Waals surface area contributed by atoms with Gasteiger partial charge in [0.2, 0.25) is 5.95 Å². The second-order valence-electron chi connectivity index (χ2n) is 5.21. The summed E-state index contributed by atoms with van der Waals surface area (Å²) in [6.07, 6.45) is 8.75. The van der Waals surface area contributed by atoms with E-state index in [1.165, 1.54) is 0 Å². The predicted molar refractivity (Wildman–Crippen MR) is 77.9 cm³/mol. The Labute approximate surface area is 123 Å². The molecule has 110 valence electrons. The van der Waals surface area contributed by atoms with Crippen molar-refractivity contribution in [3.63, 3.8) is 0 Å². The number of nitrogens with zero attached hydrogens (tertiary/aromatic N) is 5. The maximum absolute atomic E-state index is 12.2. The van der Waals surface area contributed by atoms with Crippen molar-refractivity contribution in [3.05, 3.63) is 36.4 Å². The summed E-state index contributed by atoms with van der Waals surface area (Å²) in [6, 6.07) is 1.91. The van der Waals surface area contributed by atoms with E-state index >= 15 is 0 Å². The minimum Gasteiger partial charge on any atom is -0.347 e. The molecular formula is C14H18N6O. The lowest BCUT2D eigenvalue weighted by Crippen LogP contribution is -2.48. The zero-order valence-corrected chi connectivity index (χ0v) is 11.9. The van der Waals surface area contributed by atoms with Gasteiger partial charge >= 0.3 is 0 Å². The molecule has 3 rings (SSSR count). The highest BCUT2D eigenvalue weighted by Gasteiger charge is 2.23. The van der Waals surface area contributed by atoms with Crippen LogP contribution < -0.4 is 10.2 Å². The van der Waals surface area contributed by atoms with Crippen molar-refractivity contribution in [1.82, 2.24) is 25.1 Å². The van der Waals surface area contributed by atoms with Crippen molar-refractivity contribution in [1.29, 1.82) is 0 Å². The molecule has 0 aliphatic carbocycles. The molecule has 1 fully saturated rings. The molecule has 7 heteroatoms. The molecule has 1 unspecified atom stereocenters. The van der Waals surface area contributed by atoms with Crippen LogP contribution in [-0.2, 0) is 7.05 Å². The topological polar surface area (TPSA) is 75.9 Å². The Hall–Kier alpha value is -2.44. The summed E-state index contributed by atoms with van der Waals surface area (Å²) in [7, 11) is 1.80. The molecule has 2 aromatic rings. The van der Waals surface area contributed by atoms with Crippen LogP contribution in [0.5, 0.6) is 0 Å². The van der Waals surface area contributed by atoms with Gasteiger partial charge < -0.3 is 10.2 Å². The molecule has 1 atom stereocenters. The van der Waals surface area contributed by atoms with Crippen LogP contribution in [0.4, 0.5) is 5.95 Å².